The molecule has 3 rings (SSSR count). The predicted octanol–water partition coefficient (Wildman–Crippen LogP) is 3.26. The van der Waals surface area contributed by atoms with Gasteiger partial charge in [-0.3, -0.25) is 0 Å². The van der Waals surface area contributed by atoms with E-state index in [1.807, 2.05) is 12.3 Å². The largest absolute Gasteiger partial charge is 0.241 e. The molecule has 0 spiro atoms. The number of nitrogens with one attached hydrogen (secondary N) is 1. The van der Waals surface area contributed by atoms with E-state index in [9.17, 15) is 8.42 Å². The third-order valence-corrected chi connectivity index (χ3v) is 5.88. The van der Waals surface area contributed by atoms with Gasteiger partial charge in [-0.2, -0.15) is 5.10 Å². The zero-order chi connectivity index (χ0) is 16.1. The summed E-state index contributed by atoms with van der Waals surface area (Å²) in [6.45, 7) is 0. The molecule has 23 heavy (non-hydrogen) atoms. The Morgan fingerprint density at radius 2 is 1.65 bits per heavy atom. The minimum Gasteiger partial charge on any atom is -0.241 e. The Bertz CT molecular complexity index is 701. The first-order valence-electron chi connectivity index (χ1n) is 8.27. The number of nitrogens with zero attached hydrogens (tertiary/aromatic N) is 2. The monoisotopic (exact) mass is 333 g/mol. The summed E-state index contributed by atoms with van der Waals surface area (Å²) in [5.74, 6) is 0. The molecule has 1 fully saturated rings. The van der Waals surface area contributed by atoms with Crippen LogP contribution in [0, 0.1) is 0 Å². The fourth-order valence-electron chi connectivity index (χ4n) is 3.06. The van der Waals surface area contributed by atoms with Crippen LogP contribution in [0.4, 0.5) is 0 Å². The Labute approximate surface area is 137 Å². The van der Waals surface area contributed by atoms with E-state index in [2.05, 4.69) is 9.82 Å². The fraction of sp³-hybridized carbons (Fsp3) is 0.471. The normalized spacial score (nSPS) is 17.6. The van der Waals surface area contributed by atoms with Crippen LogP contribution in [0.15, 0.2) is 47.6 Å². The number of sulfonamides is 1. The highest BCUT2D eigenvalue weighted by molar-refractivity contribution is 7.89. The van der Waals surface area contributed by atoms with Gasteiger partial charge >= 0.3 is 0 Å². The molecule has 0 saturated heterocycles. The Hall–Kier alpha value is -1.66. The van der Waals surface area contributed by atoms with Crippen molar-refractivity contribution in [2.24, 2.45) is 0 Å². The molecule has 1 saturated carbocycles. The summed E-state index contributed by atoms with van der Waals surface area (Å²) in [4.78, 5) is 0.315. The topological polar surface area (TPSA) is 64.0 Å². The predicted molar refractivity (Wildman–Crippen MR) is 90.0 cm³/mol. The molecule has 1 aliphatic carbocycles. The molecular formula is C17H23N3O2S. The number of aromatic nitrogens is 2. The zero-order valence-electron chi connectivity index (χ0n) is 13.2. The van der Waals surface area contributed by atoms with Crippen LogP contribution in [-0.2, 0) is 10.0 Å². The molecule has 124 valence electrons. The van der Waals surface area contributed by atoms with Gasteiger partial charge in [0.25, 0.3) is 0 Å². The van der Waals surface area contributed by atoms with E-state index in [0.717, 1.165) is 31.4 Å². The molecule has 2 aromatic rings. The van der Waals surface area contributed by atoms with Crippen molar-refractivity contribution in [3.05, 3.63) is 42.7 Å². The third kappa shape index (κ3) is 4.20. The van der Waals surface area contributed by atoms with Gasteiger partial charge in [-0.05, 0) is 43.2 Å². The van der Waals surface area contributed by atoms with Crippen molar-refractivity contribution in [3.63, 3.8) is 0 Å². The molecular weight excluding hydrogens is 310 g/mol. The van der Waals surface area contributed by atoms with Gasteiger partial charge in [-0.25, -0.2) is 17.8 Å². The van der Waals surface area contributed by atoms with Crippen LogP contribution in [0.3, 0.4) is 0 Å². The van der Waals surface area contributed by atoms with Crippen molar-refractivity contribution in [1.29, 1.82) is 0 Å². The molecule has 1 aromatic heterocycles. The second-order valence-electron chi connectivity index (χ2n) is 6.11. The third-order valence-electron chi connectivity index (χ3n) is 4.34. The number of rotatable bonds is 4. The molecule has 0 bridgehead atoms. The summed E-state index contributed by atoms with van der Waals surface area (Å²) < 4.78 is 29.7. The van der Waals surface area contributed by atoms with E-state index in [-0.39, 0.29) is 6.04 Å². The quantitative estimate of drug-likeness (QED) is 0.934. The summed E-state index contributed by atoms with van der Waals surface area (Å²) >= 11 is 0. The van der Waals surface area contributed by atoms with Crippen molar-refractivity contribution >= 4 is 10.0 Å². The van der Waals surface area contributed by atoms with Gasteiger partial charge < -0.3 is 0 Å². The van der Waals surface area contributed by atoms with Gasteiger partial charge in [0.15, 0.2) is 0 Å². The maximum Gasteiger partial charge on any atom is 0.240 e. The van der Waals surface area contributed by atoms with Crippen LogP contribution in [0.25, 0.3) is 5.69 Å². The molecule has 0 unspecified atom stereocenters. The number of hydrogen-bond donors (Lipinski definition) is 1. The van der Waals surface area contributed by atoms with Crippen molar-refractivity contribution in [2.45, 2.75) is 55.9 Å². The zero-order valence-corrected chi connectivity index (χ0v) is 14.0. The van der Waals surface area contributed by atoms with E-state index in [4.69, 9.17) is 0 Å². The highest BCUT2D eigenvalue weighted by atomic mass is 32.2. The maximum atomic E-state index is 12.6. The van der Waals surface area contributed by atoms with Gasteiger partial charge in [0.1, 0.15) is 0 Å². The first kappa shape index (κ1) is 16.2. The van der Waals surface area contributed by atoms with Crippen LogP contribution < -0.4 is 4.72 Å². The lowest BCUT2D eigenvalue weighted by atomic mass is 9.97. The van der Waals surface area contributed by atoms with Crippen molar-refractivity contribution < 1.29 is 8.42 Å². The first-order valence-corrected chi connectivity index (χ1v) is 9.76. The van der Waals surface area contributed by atoms with E-state index in [0.29, 0.717) is 4.90 Å². The molecule has 1 aliphatic rings. The van der Waals surface area contributed by atoms with Crippen molar-refractivity contribution in [2.75, 3.05) is 0 Å². The van der Waals surface area contributed by atoms with E-state index >= 15 is 0 Å². The Morgan fingerprint density at radius 1 is 1.00 bits per heavy atom. The highest BCUT2D eigenvalue weighted by Gasteiger charge is 2.20. The summed E-state index contributed by atoms with van der Waals surface area (Å²) in [6, 6.07) is 8.73. The van der Waals surface area contributed by atoms with E-state index < -0.39 is 10.0 Å². The standard InChI is InChI=1S/C17H23N3O2S/c21-23(22,19-15-7-4-2-1-3-5-8-15)17-11-9-16(10-12-17)20-14-6-13-18-20/h6,9-15,19H,1-5,7-8H2. The van der Waals surface area contributed by atoms with Gasteiger partial charge in [0.05, 0.1) is 10.6 Å². The summed E-state index contributed by atoms with van der Waals surface area (Å²) in [5.41, 5.74) is 0.847. The number of hydrogen-bond acceptors (Lipinski definition) is 3. The first-order chi connectivity index (χ1) is 11.1. The molecule has 6 heteroatoms. The molecule has 0 amide bonds. The second kappa shape index (κ2) is 7.27. The van der Waals surface area contributed by atoms with Crippen molar-refractivity contribution in [3.8, 4) is 5.69 Å². The Balaban J connectivity index is 1.71. The Kier molecular flexibility index (Phi) is 5.13. The highest BCUT2D eigenvalue weighted by Crippen LogP contribution is 2.20. The second-order valence-corrected chi connectivity index (χ2v) is 7.82. The Morgan fingerprint density at radius 3 is 2.26 bits per heavy atom. The lowest BCUT2D eigenvalue weighted by molar-refractivity contribution is 0.426. The maximum absolute atomic E-state index is 12.6. The number of benzene rings is 1. The molecule has 0 aliphatic heterocycles. The molecule has 1 aromatic carbocycles. The molecule has 0 atom stereocenters. The van der Waals surface area contributed by atoms with Crippen LogP contribution >= 0.6 is 0 Å². The van der Waals surface area contributed by atoms with Crippen LogP contribution in [0.5, 0.6) is 0 Å². The minimum absolute atomic E-state index is 0.0612. The summed E-state index contributed by atoms with van der Waals surface area (Å²) in [6.07, 6.45) is 11.3. The van der Waals surface area contributed by atoms with Crippen LogP contribution in [0.2, 0.25) is 0 Å². The lowest BCUT2D eigenvalue weighted by Gasteiger charge is -2.21. The SMILES string of the molecule is O=S(=O)(NC1CCCCCCC1)c1ccc(-n2cccn2)cc1. The fourth-order valence-corrected chi connectivity index (χ4v) is 4.37. The molecule has 0 radical (unpaired) electrons. The van der Waals surface area contributed by atoms with Gasteiger partial charge in [-0.1, -0.05) is 32.1 Å². The van der Waals surface area contributed by atoms with Gasteiger partial charge in [0, 0.05) is 18.4 Å². The minimum atomic E-state index is -3.45. The van der Waals surface area contributed by atoms with E-state index in [1.165, 1.54) is 19.3 Å². The van der Waals surface area contributed by atoms with Gasteiger partial charge in [-0.15, -0.1) is 0 Å². The lowest BCUT2D eigenvalue weighted by Crippen LogP contribution is -2.35. The van der Waals surface area contributed by atoms with Crippen molar-refractivity contribution in [1.82, 2.24) is 14.5 Å². The average Bonchev–Trinajstić information content (AvgIpc) is 3.04. The molecule has 1 heterocycles. The van der Waals surface area contributed by atoms with Crippen LogP contribution in [-0.4, -0.2) is 24.2 Å². The van der Waals surface area contributed by atoms with Gasteiger partial charge in [0.2, 0.25) is 10.0 Å². The summed E-state index contributed by atoms with van der Waals surface area (Å²) in [5, 5.41) is 4.14. The summed E-state index contributed by atoms with van der Waals surface area (Å²) in [7, 11) is -3.45. The smallest absolute Gasteiger partial charge is 0.240 e. The van der Waals surface area contributed by atoms with Crippen LogP contribution in [0.1, 0.15) is 44.9 Å². The van der Waals surface area contributed by atoms with E-state index in [1.54, 1.807) is 35.1 Å². The molecule has 1 N–H and O–H groups in total. The average molecular weight is 333 g/mol. The molecule has 5 nitrogen and oxygen atoms in total.